The first-order valence-corrected chi connectivity index (χ1v) is 9.06. The van der Waals surface area contributed by atoms with Crippen LogP contribution in [0.15, 0.2) is 56.8 Å². The van der Waals surface area contributed by atoms with E-state index in [0.29, 0.717) is 17.3 Å². The summed E-state index contributed by atoms with van der Waals surface area (Å²) >= 11 is 4.59. The zero-order valence-electron chi connectivity index (χ0n) is 13.3. The van der Waals surface area contributed by atoms with Gasteiger partial charge in [0.25, 0.3) is 5.91 Å². The second kappa shape index (κ2) is 7.76. The van der Waals surface area contributed by atoms with Gasteiger partial charge in [-0.3, -0.25) is 4.79 Å². The number of nitrogens with two attached hydrogens (primary N) is 1. The second-order valence-corrected chi connectivity index (χ2v) is 7.26. The molecule has 0 radical (unpaired) electrons. The molecule has 1 aliphatic heterocycles. The van der Waals surface area contributed by atoms with E-state index >= 15 is 0 Å². The molecule has 0 aromatic heterocycles. The molecule has 0 fully saturated rings. The first-order chi connectivity index (χ1) is 12.4. The number of carbonyl (C=O) groups excluding carboxylic acids is 1. The molecule has 0 spiro atoms. The van der Waals surface area contributed by atoms with Gasteiger partial charge < -0.3 is 15.6 Å². The van der Waals surface area contributed by atoms with Crippen molar-refractivity contribution in [1.29, 1.82) is 0 Å². The monoisotopic (exact) mass is 432 g/mol. The molecule has 6 nitrogen and oxygen atoms in total. The molecule has 2 aromatic carbocycles. The quantitative estimate of drug-likeness (QED) is 0.698. The van der Waals surface area contributed by atoms with E-state index in [-0.39, 0.29) is 16.6 Å². The van der Waals surface area contributed by atoms with Gasteiger partial charge in [0, 0.05) is 0 Å². The zero-order valence-corrected chi connectivity index (χ0v) is 15.7. The average molecular weight is 433 g/mol. The van der Waals surface area contributed by atoms with E-state index in [1.54, 1.807) is 24.3 Å². The standard InChI is InChI=1S/C18H13BrN2O4S/c19-13-7-11(8-15-16(22)21-18(20)26-15)3-6-14(13)25-9-10-1-4-12(5-2-10)17(23)24/h1-8H,9H2,(H,23,24)(H2,20,21,22). The summed E-state index contributed by atoms with van der Waals surface area (Å²) in [6.07, 6.45) is 1.72. The number of halogens is 1. The van der Waals surface area contributed by atoms with Crippen LogP contribution in [0.2, 0.25) is 0 Å². The molecule has 1 aliphatic rings. The molecule has 8 heteroatoms. The lowest BCUT2D eigenvalue weighted by Crippen LogP contribution is -2.01. The summed E-state index contributed by atoms with van der Waals surface area (Å²) in [5, 5.41) is 9.14. The summed E-state index contributed by atoms with van der Waals surface area (Å²) in [7, 11) is 0. The fourth-order valence-electron chi connectivity index (χ4n) is 2.21. The van der Waals surface area contributed by atoms with Crippen molar-refractivity contribution in [2.75, 3.05) is 0 Å². The normalized spacial score (nSPS) is 15.2. The summed E-state index contributed by atoms with van der Waals surface area (Å²) in [4.78, 5) is 26.6. The summed E-state index contributed by atoms with van der Waals surface area (Å²) in [6, 6.07) is 11.9. The molecule has 26 heavy (non-hydrogen) atoms. The summed E-state index contributed by atoms with van der Waals surface area (Å²) in [5.74, 6) is -0.666. The third kappa shape index (κ3) is 4.33. The second-order valence-electron chi connectivity index (χ2n) is 5.35. The van der Waals surface area contributed by atoms with Crippen LogP contribution in [0.5, 0.6) is 5.75 Å². The predicted molar refractivity (Wildman–Crippen MR) is 104 cm³/mol. The molecule has 0 bridgehead atoms. The van der Waals surface area contributed by atoms with Crippen molar-refractivity contribution in [1.82, 2.24) is 0 Å². The van der Waals surface area contributed by atoms with Crippen LogP contribution in [0.3, 0.4) is 0 Å². The number of ether oxygens (including phenoxy) is 1. The van der Waals surface area contributed by atoms with Crippen molar-refractivity contribution in [3.05, 3.63) is 68.5 Å². The van der Waals surface area contributed by atoms with Crippen LogP contribution < -0.4 is 10.5 Å². The number of thioether (sulfide) groups is 1. The van der Waals surface area contributed by atoms with Crippen LogP contribution in [0, 0.1) is 0 Å². The number of aromatic carboxylic acids is 1. The number of hydrogen-bond donors (Lipinski definition) is 2. The number of nitrogens with zero attached hydrogens (tertiary/aromatic N) is 1. The maximum absolute atomic E-state index is 11.6. The van der Waals surface area contributed by atoms with Crippen LogP contribution in [-0.2, 0) is 11.4 Å². The third-order valence-corrected chi connectivity index (χ3v) is 4.92. The lowest BCUT2D eigenvalue weighted by atomic mass is 10.1. The van der Waals surface area contributed by atoms with Gasteiger partial charge in [0.2, 0.25) is 0 Å². The van der Waals surface area contributed by atoms with Crippen LogP contribution in [0.25, 0.3) is 6.08 Å². The maximum Gasteiger partial charge on any atom is 0.335 e. The topological polar surface area (TPSA) is 102 Å². The molecule has 2 aromatic rings. The molecule has 3 rings (SSSR count). The zero-order chi connectivity index (χ0) is 18.7. The Morgan fingerprint density at radius 2 is 2.00 bits per heavy atom. The fraction of sp³-hybridized carbons (Fsp3) is 0.0556. The molecule has 0 saturated carbocycles. The van der Waals surface area contributed by atoms with Gasteiger partial charge >= 0.3 is 5.97 Å². The highest BCUT2D eigenvalue weighted by atomic mass is 79.9. The number of carboxylic acid groups (broad SMARTS) is 1. The number of aliphatic imine (C=N–C) groups is 1. The lowest BCUT2D eigenvalue weighted by Gasteiger charge is -2.09. The van der Waals surface area contributed by atoms with E-state index in [0.717, 1.165) is 27.4 Å². The van der Waals surface area contributed by atoms with Gasteiger partial charge in [-0.15, -0.1) is 0 Å². The number of amidine groups is 1. The van der Waals surface area contributed by atoms with E-state index in [4.69, 9.17) is 15.6 Å². The van der Waals surface area contributed by atoms with Crippen molar-refractivity contribution >= 4 is 50.8 Å². The highest BCUT2D eigenvalue weighted by Gasteiger charge is 2.19. The number of carboxylic acids is 1. The van der Waals surface area contributed by atoms with Crippen molar-refractivity contribution in [2.24, 2.45) is 10.7 Å². The Morgan fingerprint density at radius 3 is 2.58 bits per heavy atom. The Kier molecular flexibility index (Phi) is 5.43. The number of amides is 1. The van der Waals surface area contributed by atoms with E-state index in [2.05, 4.69) is 20.9 Å². The molecular weight excluding hydrogens is 420 g/mol. The molecule has 0 aliphatic carbocycles. The maximum atomic E-state index is 11.6. The minimum absolute atomic E-state index is 0.233. The Bertz CT molecular complexity index is 939. The summed E-state index contributed by atoms with van der Waals surface area (Å²) in [5.41, 5.74) is 7.44. The van der Waals surface area contributed by atoms with E-state index in [1.165, 1.54) is 12.1 Å². The van der Waals surface area contributed by atoms with Gasteiger partial charge in [-0.2, -0.15) is 4.99 Å². The SMILES string of the molecule is NC1=NC(=O)C(=Cc2ccc(OCc3ccc(C(=O)O)cc3)c(Br)c2)S1. The Balaban J connectivity index is 1.67. The Hall–Kier alpha value is -2.58. The van der Waals surface area contributed by atoms with Crippen molar-refractivity contribution in [3.8, 4) is 5.75 Å². The summed E-state index contributed by atoms with van der Waals surface area (Å²) in [6.45, 7) is 0.303. The molecule has 0 unspecified atom stereocenters. The third-order valence-electron chi connectivity index (χ3n) is 3.49. The molecule has 0 saturated heterocycles. The average Bonchev–Trinajstić information content (AvgIpc) is 2.91. The van der Waals surface area contributed by atoms with Crippen LogP contribution in [0.1, 0.15) is 21.5 Å². The number of benzene rings is 2. The van der Waals surface area contributed by atoms with Crippen LogP contribution in [-0.4, -0.2) is 22.2 Å². The number of rotatable bonds is 5. The largest absolute Gasteiger partial charge is 0.488 e. The van der Waals surface area contributed by atoms with E-state index in [9.17, 15) is 9.59 Å². The van der Waals surface area contributed by atoms with Crippen molar-refractivity contribution in [2.45, 2.75) is 6.61 Å². The molecular formula is C18H13BrN2O4S. The van der Waals surface area contributed by atoms with Gasteiger partial charge in [-0.05, 0) is 69.2 Å². The smallest absolute Gasteiger partial charge is 0.335 e. The Morgan fingerprint density at radius 1 is 1.27 bits per heavy atom. The van der Waals surface area contributed by atoms with Gasteiger partial charge in [0.05, 0.1) is 14.9 Å². The molecule has 1 heterocycles. The van der Waals surface area contributed by atoms with Crippen LogP contribution >= 0.6 is 27.7 Å². The minimum Gasteiger partial charge on any atom is -0.488 e. The highest BCUT2D eigenvalue weighted by Crippen LogP contribution is 2.30. The van der Waals surface area contributed by atoms with E-state index in [1.807, 2.05) is 12.1 Å². The van der Waals surface area contributed by atoms with Crippen LogP contribution in [0.4, 0.5) is 0 Å². The minimum atomic E-state index is -0.962. The number of hydrogen-bond acceptors (Lipinski definition) is 5. The molecule has 3 N–H and O–H groups in total. The highest BCUT2D eigenvalue weighted by molar-refractivity contribution is 9.10. The first kappa shape index (κ1) is 18.2. The van der Waals surface area contributed by atoms with Crippen molar-refractivity contribution < 1.29 is 19.4 Å². The molecule has 0 atom stereocenters. The van der Waals surface area contributed by atoms with Gasteiger partial charge in [-0.1, -0.05) is 18.2 Å². The van der Waals surface area contributed by atoms with E-state index < -0.39 is 5.97 Å². The molecule has 1 amide bonds. The summed E-state index contributed by atoms with van der Waals surface area (Å²) < 4.78 is 6.49. The van der Waals surface area contributed by atoms with Gasteiger partial charge in [0.1, 0.15) is 12.4 Å². The number of carbonyl (C=O) groups is 2. The van der Waals surface area contributed by atoms with Crippen molar-refractivity contribution in [3.63, 3.8) is 0 Å². The molecule has 132 valence electrons. The first-order valence-electron chi connectivity index (χ1n) is 7.45. The van der Waals surface area contributed by atoms with Gasteiger partial charge in [0.15, 0.2) is 5.17 Å². The Labute approximate surface area is 161 Å². The lowest BCUT2D eigenvalue weighted by molar-refractivity contribution is -0.113. The van der Waals surface area contributed by atoms with Gasteiger partial charge in [-0.25, -0.2) is 4.79 Å². The predicted octanol–water partition coefficient (Wildman–Crippen LogP) is 3.66. The fourth-order valence-corrected chi connectivity index (χ4v) is 3.40.